The zero-order chi connectivity index (χ0) is 17.6. The molecule has 0 bridgehead atoms. The van der Waals surface area contributed by atoms with E-state index in [1.807, 2.05) is 30.5 Å². The van der Waals surface area contributed by atoms with Gasteiger partial charge in [-0.15, -0.1) is 0 Å². The molecule has 1 saturated heterocycles. The van der Waals surface area contributed by atoms with Crippen molar-refractivity contribution in [2.24, 2.45) is 5.92 Å². The molecule has 1 aliphatic heterocycles. The van der Waals surface area contributed by atoms with E-state index in [-0.39, 0.29) is 6.10 Å². The molecule has 25 heavy (non-hydrogen) atoms. The van der Waals surface area contributed by atoms with Crippen LogP contribution in [0.3, 0.4) is 0 Å². The topological polar surface area (TPSA) is 52.6 Å². The second-order valence-corrected chi connectivity index (χ2v) is 6.46. The molecule has 5 nitrogen and oxygen atoms in total. The van der Waals surface area contributed by atoms with Crippen molar-refractivity contribution in [1.29, 1.82) is 0 Å². The van der Waals surface area contributed by atoms with Crippen LogP contribution in [0.25, 0.3) is 0 Å². The number of ether oxygens (including phenoxy) is 3. The van der Waals surface area contributed by atoms with Gasteiger partial charge in [-0.05, 0) is 37.0 Å². The summed E-state index contributed by atoms with van der Waals surface area (Å²) in [4.78, 5) is 4.53. The van der Waals surface area contributed by atoms with E-state index in [2.05, 4.69) is 23.3 Å². The van der Waals surface area contributed by atoms with E-state index in [1.165, 1.54) is 0 Å². The van der Waals surface area contributed by atoms with Crippen LogP contribution in [0.1, 0.15) is 37.0 Å². The molecule has 3 rings (SSSR count). The number of anilines is 1. The van der Waals surface area contributed by atoms with Gasteiger partial charge in [-0.1, -0.05) is 13.0 Å². The maximum absolute atomic E-state index is 5.98. The van der Waals surface area contributed by atoms with Crippen molar-refractivity contribution < 1.29 is 14.2 Å². The lowest BCUT2D eigenvalue weighted by molar-refractivity contribution is -0.00609. The Labute approximate surface area is 149 Å². The normalized spacial score (nSPS) is 20.1. The first-order valence-corrected chi connectivity index (χ1v) is 8.72. The Bertz CT molecular complexity index is 705. The third-order valence-electron chi connectivity index (χ3n) is 4.67. The number of aromatic nitrogens is 1. The lowest BCUT2D eigenvalue weighted by Gasteiger charge is -2.28. The van der Waals surface area contributed by atoms with Crippen LogP contribution in [-0.4, -0.2) is 25.8 Å². The van der Waals surface area contributed by atoms with Crippen molar-refractivity contribution in [3.05, 3.63) is 47.7 Å². The fourth-order valence-corrected chi connectivity index (χ4v) is 3.18. The molecule has 0 amide bonds. The minimum atomic E-state index is 0.109. The number of methoxy groups -OCH3 is 2. The van der Waals surface area contributed by atoms with Crippen molar-refractivity contribution in [2.45, 2.75) is 32.4 Å². The van der Waals surface area contributed by atoms with E-state index >= 15 is 0 Å². The minimum Gasteiger partial charge on any atom is -0.497 e. The van der Waals surface area contributed by atoms with Gasteiger partial charge in [0.2, 0.25) is 0 Å². The SMILES string of the molecule is COc1ccc(CNc2ncccc2C2CC(C)CCO2)c(OC)c1. The predicted octanol–water partition coefficient (Wildman–Crippen LogP) is 4.20. The largest absolute Gasteiger partial charge is 0.497 e. The lowest BCUT2D eigenvalue weighted by atomic mass is 9.93. The number of hydrogen-bond acceptors (Lipinski definition) is 5. The highest BCUT2D eigenvalue weighted by atomic mass is 16.5. The molecule has 0 radical (unpaired) electrons. The average molecular weight is 342 g/mol. The van der Waals surface area contributed by atoms with Crippen LogP contribution in [0.15, 0.2) is 36.5 Å². The molecule has 2 heterocycles. The van der Waals surface area contributed by atoms with Crippen molar-refractivity contribution in [3.8, 4) is 11.5 Å². The van der Waals surface area contributed by atoms with Crippen LogP contribution < -0.4 is 14.8 Å². The van der Waals surface area contributed by atoms with Gasteiger partial charge in [0.15, 0.2) is 0 Å². The molecule has 2 atom stereocenters. The van der Waals surface area contributed by atoms with E-state index in [0.29, 0.717) is 12.5 Å². The summed E-state index contributed by atoms with van der Waals surface area (Å²) in [5.41, 5.74) is 2.18. The molecule has 1 fully saturated rings. The molecule has 0 spiro atoms. The van der Waals surface area contributed by atoms with E-state index in [1.54, 1.807) is 14.2 Å². The third kappa shape index (κ3) is 4.23. The summed E-state index contributed by atoms with van der Waals surface area (Å²) in [6, 6.07) is 9.90. The summed E-state index contributed by atoms with van der Waals surface area (Å²) in [6.45, 7) is 3.72. The van der Waals surface area contributed by atoms with Gasteiger partial charge in [-0.25, -0.2) is 4.98 Å². The second-order valence-electron chi connectivity index (χ2n) is 6.46. The number of benzene rings is 1. The van der Waals surface area contributed by atoms with Crippen LogP contribution in [0.5, 0.6) is 11.5 Å². The fourth-order valence-electron chi connectivity index (χ4n) is 3.18. The minimum absolute atomic E-state index is 0.109. The summed E-state index contributed by atoms with van der Waals surface area (Å²) >= 11 is 0. The molecule has 0 aliphatic carbocycles. The van der Waals surface area contributed by atoms with Crippen LogP contribution in [0.4, 0.5) is 5.82 Å². The Morgan fingerprint density at radius 1 is 1.24 bits per heavy atom. The lowest BCUT2D eigenvalue weighted by Crippen LogP contribution is -2.19. The van der Waals surface area contributed by atoms with Gasteiger partial charge in [0.05, 0.1) is 20.3 Å². The van der Waals surface area contributed by atoms with E-state index in [0.717, 1.165) is 47.9 Å². The molecule has 0 saturated carbocycles. The zero-order valence-corrected chi connectivity index (χ0v) is 15.1. The molecular formula is C20H26N2O3. The summed E-state index contributed by atoms with van der Waals surface area (Å²) in [7, 11) is 3.32. The predicted molar refractivity (Wildman–Crippen MR) is 98.2 cm³/mol. The molecule has 2 aromatic rings. The zero-order valence-electron chi connectivity index (χ0n) is 15.1. The molecule has 1 N–H and O–H groups in total. The van der Waals surface area contributed by atoms with Gasteiger partial charge >= 0.3 is 0 Å². The van der Waals surface area contributed by atoms with Crippen molar-refractivity contribution in [1.82, 2.24) is 4.98 Å². The maximum Gasteiger partial charge on any atom is 0.132 e. The Morgan fingerprint density at radius 3 is 2.88 bits per heavy atom. The summed E-state index contributed by atoms with van der Waals surface area (Å²) in [6.07, 6.45) is 4.08. The summed E-state index contributed by atoms with van der Waals surface area (Å²) in [5, 5.41) is 3.44. The van der Waals surface area contributed by atoms with E-state index in [9.17, 15) is 0 Å². The van der Waals surface area contributed by atoms with Crippen molar-refractivity contribution in [3.63, 3.8) is 0 Å². The summed E-state index contributed by atoms with van der Waals surface area (Å²) < 4.78 is 16.7. The van der Waals surface area contributed by atoms with Crippen LogP contribution in [0, 0.1) is 5.92 Å². The third-order valence-corrected chi connectivity index (χ3v) is 4.67. The van der Waals surface area contributed by atoms with Gasteiger partial charge in [-0.3, -0.25) is 0 Å². The molecule has 134 valence electrons. The highest BCUT2D eigenvalue weighted by Gasteiger charge is 2.23. The van der Waals surface area contributed by atoms with Crippen LogP contribution in [0.2, 0.25) is 0 Å². The van der Waals surface area contributed by atoms with Crippen LogP contribution in [-0.2, 0) is 11.3 Å². The first-order valence-electron chi connectivity index (χ1n) is 8.72. The van der Waals surface area contributed by atoms with Crippen molar-refractivity contribution >= 4 is 5.82 Å². The maximum atomic E-state index is 5.98. The van der Waals surface area contributed by atoms with E-state index < -0.39 is 0 Å². The Kier molecular flexibility index (Phi) is 5.76. The number of nitrogens with one attached hydrogen (secondary N) is 1. The number of pyridine rings is 1. The highest BCUT2D eigenvalue weighted by Crippen LogP contribution is 2.34. The van der Waals surface area contributed by atoms with Gasteiger partial charge in [0.1, 0.15) is 17.3 Å². The number of hydrogen-bond donors (Lipinski definition) is 1. The summed E-state index contributed by atoms with van der Waals surface area (Å²) in [5.74, 6) is 3.13. The monoisotopic (exact) mass is 342 g/mol. The Balaban J connectivity index is 1.76. The molecule has 1 aromatic carbocycles. The quantitative estimate of drug-likeness (QED) is 0.853. The van der Waals surface area contributed by atoms with E-state index in [4.69, 9.17) is 14.2 Å². The first kappa shape index (κ1) is 17.5. The Morgan fingerprint density at radius 2 is 2.12 bits per heavy atom. The van der Waals surface area contributed by atoms with Crippen molar-refractivity contribution in [2.75, 3.05) is 26.1 Å². The number of rotatable bonds is 6. The second kappa shape index (κ2) is 8.21. The standard InChI is InChI=1S/C20H26N2O3/c1-14-8-10-25-19(11-14)17-5-4-9-21-20(17)22-13-15-6-7-16(23-2)12-18(15)24-3/h4-7,9,12,14,19H,8,10-11,13H2,1-3H3,(H,21,22). The van der Waals surface area contributed by atoms with Gasteiger partial charge in [-0.2, -0.15) is 0 Å². The Hall–Kier alpha value is -2.27. The van der Waals surface area contributed by atoms with Gasteiger partial charge < -0.3 is 19.5 Å². The molecule has 1 aromatic heterocycles. The highest BCUT2D eigenvalue weighted by molar-refractivity contribution is 5.48. The fraction of sp³-hybridized carbons (Fsp3) is 0.450. The number of nitrogens with zero attached hydrogens (tertiary/aromatic N) is 1. The first-order chi connectivity index (χ1) is 12.2. The molecule has 5 heteroatoms. The smallest absolute Gasteiger partial charge is 0.132 e. The molecular weight excluding hydrogens is 316 g/mol. The molecule has 1 aliphatic rings. The van der Waals surface area contributed by atoms with Crippen LogP contribution >= 0.6 is 0 Å². The molecule has 2 unspecified atom stereocenters. The average Bonchev–Trinajstić information content (AvgIpc) is 2.66. The van der Waals surface area contributed by atoms with Gasteiger partial charge in [0.25, 0.3) is 0 Å². The van der Waals surface area contributed by atoms with Gasteiger partial charge in [0, 0.05) is 36.5 Å².